The summed E-state index contributed by atoms with van der Waals surface area (Å²) in [4.78, 5) is 48.0. The molecule has 10 nitrogen and oxygen atoms in total. The maximum atomic E-state index is 12.5. The van der Waals surface area contributed by atoms with Crippen molar-refractivity contribution < 1.29 is 29.0 Å². The number of benzene rings is 1. The van der Waals surface area contributed by atoms with Crippen molar-refractivity contribution in [3.63, 3.8) is 0 Å². The predicted molar refractivity (Wildman–Crippen MR) is 87.8 cm³/mol. The van der Waals surface area contributed by atoms with Gasteiger partial charge in [-0.15, -0.1) is 0 Å². The van der Waals surface area contributed by atoms with Crippen LogP contribution in [0.25, 0.3) is 5.69 Å². The van der Waals surface area contributed by atoms with Crippen LogP contribution in [0.3, 0.4) is 0 Å². The Morgan fingerprint density at radius 1 is 1.15 bits per heavy atom. The van der Waals surface area contributed by atoms with Gasteiger partial charge in [-0.3, -0.25) is 24.3 Å². The van der Waals surface area contributed by atoms with Crippen LogP contribution < -0.4 is 21.3 Å². The molecule has 1 aliphatic rings. The molecule has 10 heteroatoms. The summed E-state index contributed by atoms with van der Waals surface area (Å²) in [5.74, 6) is -3.22. The number of carbonyl (C=O) groups excluding carboxylic acids is 3. The highest BCUT2D eigenvalue weighted by Crippen LogP contribution is 2.33. The van der Waals surface area contributed by atoms with Gasteiger partial charge in [0.25, 0.3) is 17.4 Å². The Labute approximate surface area is 145 Å². The summed E-state index contributed by atoms with van der Waals surface area (Å²) in [6.07, 6.45) is 0. The zero-order valence-corrected chi connectivity index (χ0v) is 13.7. The summed E-state index contributed by atoms with van der Waals surface area (Å²) in [5, 5.41) is 12.5. The van der Waals surface area contributed by atoms with Gasteiger partial charge in [0, 0.05) is 12.1 Å². The van der Waals surface area contributed by atoms with E-state index in [-0.39, 0.29) is 33.9 Å². The van der Waals surface area contributed by atoms with E-state index in [1.54, 1.807) is 0 Å². The van der Waals surface area contributed by atoms with E-state index in [9.17, 15) is 24.3 Å². The Hall–Kier alpha value is -3.82. The number of phenolic OH excluding ortho intramolecular Hbond substituents is 1. The monoisotopic (exact) mass is 359 g/mol. The minimum Gasteiger partial charge on any atom is -0.505 e. The number of pyridine rings is 1. The molecule has 1 aliphatic heterocycles. The number of nitrogens with two attached hydrogens (primary N) is 1. The molecule has 0 aliphatic carbocycles. The Kier molecular flexibility index (Phi) is 3.87. The number of hydrogen-bond acceptors (Lipinski definition) is 8. The maximum absolute atomic E-state index is 12.5. The van der Waals surface area contributed by atoms with Crippen LogP contribution in [0.4, 0.5) is 5.82 Å². The third-order valence-electron chi connectivity index (χ3n) is 3.90. The molecule has 0 radical (unpaired) electrons. The van der Waals surface area contributed by atoms with Crippen molar-refractivity contribution in [2.45, 2.75) is 0 Å². The SMILES string of the molecule is COC(=O)c1cc(OC)cc(-n2c(N)c3c(cc2=O)C(=O)NC3=O)c1O. The molecule has 134 valence electrons. The maximum Gasteiger partial charge on any atom is 0.341 e. The zero-order valence-electron chi connectivity index (χ0n) is 13.7. The van der Waals surface area contributed by atoms with Crippen molar-refractivity contribution in [3.05, 3.63) is 45.2 Å². The van der Waals surface area contributed by atoms with Crippen molar-refractivity contribution in [1.29, 1.82) is 0 Å². The van der Waals surface area contributed by atoms with Crippen molar-refractivity contribution in [1.82, 2.24) is 9.88 Å². The first-order valence-corrected chi connectivity index (χ1v) is 7.21. The Morgan fingerprint density at radius 2 is 1.85 bits per heavy atom. The number of nitrogens with zero attached hydrogens (tertiary/aromatic N) is 1. The zero-order chi connectivity index (χ0) is 19.2. The van der Waals surface area contributed by atoms with Gasteiger partial charge in [0.05, 0.1) is 31.0 Å². The molecule has 0 unspecified atom stereocenters. The van der Waals surface area contributed by atoms with E-state index in [1.807, 2.05) is 5.32 Å². The molecule has 1 aromatic heterocycles. The lowest BCUT2D eigenvalue weighted by atomic mass is 10.1. The van der Waals surface area contributed by atoms with Gasteiger partial charge in [-0.2, -0.15) is 0 Å². The van der Waals surface area contributed by atoms with Crippen molar-refractivity contribution in [3.8, 4) is 17.2 Å². The largest absolute Gasteiger partial charge is 0.505 e. The van der Waals surface area contributed by atoms with Crippen LogP contribution in [0.15, 0.2) is 23.0 Å². The quantitative estimate of drug-likeness (QED) is 0.504. The molecule has 0 spiro atoms. The van der Waals surface area contributed by atoms with E-state index in [1.165, 1.54) is 19.2 Å². The van der Waals surface area contributed by atoms with E-state index >= 15 is 0 Å². The number of amides is 2. The highest BCUT2D eigenvalue weighted by atomic mass is 16.5. The van der Waals surface area contributed by atoms with Gasteiger partial charge in [-0.05, 0) is 6.07 Å². The summed E-state index contributed by atoms with van der Waals surface area (Å²) in [6.45, 7) is 0. The molecule has 2 aromatic rings. The normalized spacial score (nSPS) is 12.5. The molecule has 3 rings (SSSR count). The van der Waals surface area contributed by atoms with Crippen LogP contribution in [-0.2, 0) is 4.74 Å². The average Bonchev–Trinajstić information content (AvgIpc) is 2.89. The van der Waals surface area contributed by atoms with Crippen LogP contribution in [-0.4, -0.2) is 41.7 Å². The van der Waals surface area contributed by atoms with E-state index in [2.05, 4.69) is 4.74 Å². The fourth-order valence-corrected chi connectivity index (χ4v) is 2.68. The number of hydrogen-bond donors (Lipinski definition) is 3. The Balaban J connectivity index is 2.37. The highest BCUT2D eigenvalue weighted by Gasteiger charge is 2.32. The number of aromatic hydroxyl groups is 1. The van der Waals surface area contributed by atoms with Gasteiger partial charge >= 0.3 is 5.97 Å². The number of nitrogens with one attached hydrogen (secondary N) is 1. The van der Waals surface area contributed by atoms with E-state index in [4.69, 9.17) is 10.5 Å². The lowest BCUT2D eigenvalue weighted by Crippen LogP contribution is -2.24. The first-order chi connectivity index (χ1) is 12.3. The number of methoxy groups -OCH3 is 2. The topological polar surface area (TPSA) is 150 Å². The number of ether oxygens (including phenoxy) is 2. The Bertz CT molecular complexity index is 1040. The van der Waals surface area contributed by atoms with Crippen molar-refractivity contribution in [2.24, 2.45) is 0 Å². The molecule has 4 N–H and O–H groups in total. The standard InChI is InChI=1S/C16H13N3O7/c1-25-6-3-8(16(24)26-2)12(21)9(4-6)19-10(20)5-7-11(13(19)17)15(23)18-14(7)22/h3-5,21H,17H2,1-2H3,(H,18,22,23). The summed E-state index contributed by atoms with van der Waals surface area (Å²) in [5.41, 5.74) is 4.30. The van der Waals surface area contributed by atoms with E-state index in [0.717, 1.165) is 17.7 Å². The molecular weight excluding hydrogens is 346 g/mol. The Morgan fingerprint density at radius 3 is 2.46 bits per heavy atom. The second-order valence-electron chi connectivity index (χ2n) is 5.31. The van der Waals surface area contributed by atoms with Gasteiger partial charge in [-0.1, -0.05) is 0 Å². The molecule has 0 fully saturated rings. The van der Waals surface area contributed by atoms with Gasteiger partial charge < -0.3 is 20.3 Å². The molecule has 1 aromatic carbocycles. The number of nitrogen functional groups attached to an aromatic ring is 1. The number of imide groups is 1. The number of fused-ring (bicyclic) bond motifs is 1. The van der Waals surface area contributed by atoms with E-state index < -0.39 is 29.1 Å². The number of phenols is 1. The first-order valence-electron chi connectivity index (χ1n) is 7.21. The van der Waals surface area contributed by atoms with Crippen LogP contribution in [0, 0.1) is 0 Å². The molecule has 0 bridgehead atoms. The molecule has 2 amide bonds. The number of anilines is 1. The minimum absolute atomic E-state index is 0.130. The molecule has 26 heavy (non-hydrogen) atoms. The molecule has 2 heterocycles. The predicted octanol–water partition coefficient (Wildman–Crippen LogP) is -0.196. The summed E-state index contributed by atoms with van der Waals surface area (Å²) >= 11 is 0. The lowest BCUT2D eigenvalue weighted by Gasteiger charge is -2.16. The number of aromatic nitrogens is 1. The molecular formula is C16H13N3O7. The van der Waals surface area contributed by atoms with Crippen molar-refractivity contribution >= 4 is 23.6 Å². The van der Waals surface area contributed by atoms with Gasteiger partial charge in [0.1, 0.15) is 17.1 Å². The van der Waals surface area contributed by atoms with Gasteiger partial charge in [0.2, 0.25) is 0 Å². The first kappa shape index (κ1) is 17.0. The summed E-state index contributed by atoms with van der Waals surface area (Å²) in [7, 11) is 2.44. The summed E-state index contributed by atoms with van der Waals surface area (Å²) in [6, 6.07) is 3.39. The second kappa shape index (κ2) is 5.92. The summed E-state index contributed by atoms with van der Waals surface area (Å²) < 4.78 is 10.5. The second-order valence-corrected chi connectivity index (χ2v) is 5.31. The number of carbonyl (C=O) groups is 3. The third-order valence-corrected chi connectivity index (χ3v) is 3.90. The van der Waals surface area contributed by atoms with Gasteiger partial charge in [-0.25, -0.2) is 4.79 Å². The lowest BCUT2D eigenvalue weighted by molar-refractivity contribution is 0.0596. The third kappa shape index (κ3) is 2.35. The molecule has 0 saturated heterocycles. The van der Waals surface area contributed by atoms with Crippen LogP contribution in [0.2, 0.25) is 0 Å². The van der Waals surface area contributed by atoms with Crippen molar-refractivity contribution in [2.75, 3.05) is 20.0 Å². The molecule has 0 saturated carbocycles. The van der Waals surface area contributed by atoms with Crippen LogP contribution in [0.1, 0.15) is 31.1 Å². The van der Waals surface area contributed by atoms with Crippen LogP contribution >= 0.6 is 0 Å². The number of rotatable bonds is 3. The fraction of sp³-hybridized carbons (Fsp3) is 0.125. The van der Waals surface area contributed by atoms with E-state index in [0.29, 0.717) is 0 Å². The average molecular weight is 359 g/mol. The fourth-order valence-electron chi connectivity index (χ4n) is 2.68. The highest BCUT2D eigenvalue weighted by molar-refractivity contribution is 6.23. The smallest absolute Gasteiger partial charge is 0.341 e. The minimum atomic E-state index is -0.872. The van der Waals surface area contributed by atoms with Crippen LogP contribution in [0.5, 0.6) is 11.5 Å². The number of esters is 1. The van der Waals surface area contributed by atoms with Gasteiger partial charge in [0.15, 0.2) is 5.75 Å². The molecule has 0 atom stereocenters.